The summed E-state index contributed by atoms with van der Waals surface area (Å²) in [5.74, 6) is 0.706. The second-order valence-corrected chi connectivity index (χ2v) is 8.37. The number of benzene rings is 1. The Bertz CT molecular complexity index is 667. The van der Waals surface area contributed by atoms with Crippen molar-refractivity contribution in [1.82, 2.24) is 4.31 Å². The van der Waals surface area contributed by atoms with Gasteiger partial charge in [-0.15, -0.1) is 12.4 Å². The Kier molecular flexibility index (Phi) is 8.15. The zero-order chi connectivity index (χ0) is 17.9. The predicted molar refractivity (Wildman–Crippen MR) is 101 cm³/mol. The molecular formula is C17H29ClN2O4S. The molecule has 2 N–H and O–H groups in total. The third-order valence-electron chi connectivity index (χ3n) is 4.33. The van der Waals surface area contributed by atoms with Crippen LogP contribution in [0.25, 0.3) is 0 Å². The van der Waals surface area contributed by atoms with Gasteiger partial charge in [0.15, 0.2) is 0 Å². The monoisotopic (exact) mass is 392 g/mol. The Morgan fingerprint density at radius 1 is 1.36 bits per heavy atom. The first-order valence-corrected chi connectivity index (χ1v) is 9.75. The van der Waals surface area contributed by atoms with Crippen LogP contribution in [0.4, 0.5) is 0 Å². The Morgan fingerprint density at radius 3 is 2.56 bits per heavy atom. The van der Waals surface area contributed by atoms with Gasteiger partial charge in [0.25, 0.3) is 0 Å². The first kappa shape index (κ1) is 22.2. The van der Waals surface area contributed by atoms with Gasteiger partial charge in [-0.1, -0.05) is 0 Å². The highest BCUT2D eigenvalue weighted by Crippen LogP contribution is 2.29. The summed E-state index contributed by atoms with van der Waals surface area (Å²) >= 11 is 0. The van der Waals surface area contributed by atoms with Crippen LogP contribution in [0.2, 0.25) is 0 Å². The number of methoxy groups -OCH3 is 1. The summed E-state index contributed by atoms with van der Waals surface area (Å²) in [5, 5.41) is 0. The van der Waals surface area contributed by atoms with Crippen LogP contribution in [0.3, 0.4) is 0 Å². The minimum atomic E-state index is -3.58. The zero-order valence-electron chi connectivity index (χ0n) is 15.3. The molecule has 8 heteroatoms. The first-order valence-electron chi connectivity index (χ1n) is 8.31. The van der Waals surface area contributed by atoms with E-state index < -0.39 is 10.0 Å². The van der Waals surface area contributed by atoms with E-state index in [0.717, 1.165) is 5.56 Å². The molecule has 0 amide bonds. The van der Waals surface area contributed by atoms with Crippen LogP contribution < -0.4 is 10.5 Å². The number of sulfonamides is 1. The van der Waals surface area contributed by atoms with Gasteiger partial charge in [0.05, 0.1) is 17.1 Å². The molecule has 1 aliphatic heterocycles. The van der Waals surface area contributed by atoms with Crippen molar-refractivity contribution in [3.63, 3.8) is 0 Å². The van der Waals surface area contributed by atoms with Crippen molar-refractivity contribution < 1.29 is 17.9 Å². The third-order valence-corrected chi connectivity index (χ3v) is 6.28. The molecule has 0 radical (unpaired) electrons. The molecule has 144 valence electrons. The summed E-state index contributed by atoms with van der Waals surface area (Å²) in [4.78, 5) is 0.283. The number of ether oxygens (including phenoxy) is 2. The molecule has 1 aromatic rings. The Morgan fingerprint density at radius 2 is 2.04 bits per heavy atom. The largest absolute Gasteiger partial charge is 0.491 e. The number of nitrogens with zero attached hydrogens (tertiary/aromatic N) is 1. The molecule has 0 spiro atoms. The van der Waals surface area contributed by atoms with Gasteiger partial charge in [-0.3, -0.25) is 0 Å². The number of hydrogen-bond donors (Lipinski definition) is 1. The zero-order valence-corrected chi connectivity index (χ0v) is 16.9. The Labute approximate surface area is 157 Å². The molecule has 0 saturated carbocycles. The van der Waals surface area contributed by atoms with Crippen LogP contribution in [-0.4, -0.2) is 51.2 Å². The highest BCUT2D eigenvalue weighted by atomic mass is 35.5. The number of nitrogens with two attached hydrogens (primary N) is 1. The van der Waals surface area contributed by atoms with Crippen LogP contribution in [0.5, 0.6) is 5.75 Å². The van der Waals surface area contributed by atoms with Gasteiger partial charge in [-0.05, 0) is 57.4 Å². The van der Waals surface area contributed by atoms with Crippen molar-refractivity contribution in [2.24, 2.45) is 5.73 Å². The molecule has 1 saturated heterocycles. The van der Waals surface area contributed by atoms with E-state index in [1.165, 1.54) is 4.31 Å². The van der Waals surface area contributed by atoms with Crippen molar-refractivity contribution in [2.75, 3.05) is 20.2 Å². The lowest BCUT2D eigenvalue weighted by Gasteiger charge is -2.37. The van der Waals surface area contributed by atoms with Crippen molar-refractivity contribution in [1.29, 1.82) is 0 Å². The molecule has 6 nitrogen and oxygen atoms in total. The van der Waals surface area contributed by atoms with Gasteiger partial charge in [-0.25, -0.2) is 8.42 Å². The average Bonchev–Trinajstić information content (AvgIpc) is 2.55. The number of aryl methyl sites for hydroxylation is 1. The average molecular weight is 393 g/mol. The van der Waals surface area contributed by atoms with Gasteiger partial charge in [0, 0.05) is 26.2 Å². The van der Waals surface area contributed by atoms with Crippen molar-refractivity contribution in [3.8, 4) is 5.75 Å². The molecule has 2 rings (SSSR count). The van der Waals surface area contributed by atoms with E-state index in [0.29, 0.717) is 25.1 Å². The smallest absolute Gasteiger partial charge is 0.243 e. The quantitative estimate of drug-likeness (QED) is 0.803. The lowest BCUT2D eigenvalue weighted by atomic mass is 10.0. The fourth-order valence-corrected chi connectivity index (χ4v) is 4.79. The fourth-order valence-electron chi connectivity index (χ4n) is 3.04. The lowest BCUT2D eigenvalue weighted by molar-refractivity contribution is 0.0401. The number of piperidine rings is 1. The Balaban J connectivity index is 0.00000312. The second kappa shape index (κ2) is 9.19. The highest BCUT2D eigenvalue weighted by molar-refractivity contribution is 7.89. The van der Waals surface area contributed by atoms with E-state index in [9.17, 15) is 8.42 Å². The third kappa shape index (κ3) is 5.08. The molecule has 2 unspecified atom stereocenters. The van der Waals surface area contributed by atoms with Crippen LogP contribution in [0, 0.1) is 6.92 Å². The second-order valence-electron chi connectivity index (χ2n) is 6.48. The number of hydrogen-bond acceptors (Lipinski definition) is 5. The summed E-state index contributed by atoms with van der Waals surface area (Å²) in [6.07, 6.45) is 1.41. The van der Waals surface area contributed by atoms with E-state index in [1.807, 2.05) is 20.8 Å². The molecule has 0 aliphatic carbocycles. The molecular weight excluding hydrogens is 364 g/mol. The van der Waals surface area contributed by atoms with Crippen molar-refractivity contribution in [3.05, 3.63) is 23.8 Å². The van der Waals surface area contributed by atoms with E-state index in [-0.39, 0.29) is 42.1 Å². The first-order chi connectivity index (χ1) is 11.3. The van der Waals surface area contributed by atoms with Crippen molar-refractivity contribution >= 4 is 22.4 Å². The van der Waals surface area contributed by atoms with Crippen molar-refractivity contribution in [2.45, 2.75) is 56.8 Å². The molecule has 1 aliphatic rings. The topological polar surface area (TPSA) is 81.9 Å². The van der Waals surface area contributed by atoms with Gasteiger partial charge in [0.2, 0.25) is 10.0 Å². The lowest BCUT2D eigenvalue weighted by Crippen LogP contribution is -2.51. The van der Waals surface area contributed by atoms with Gasteiger partial charge < -0.3 is 15.2 Å². The molecule has 0 bridgehead atoms. The number of halogens is 1. The standard InChI is InChI=1S/C17H28N2O4S.ClH/c1-12(2)23-17-6-5-16(9-13(17)3)24(20,21)19-8-7-15(22-4)10-14(19)11-18;/h5-6,9,12,14-15H,7-8,10-11,18H2,1-4H3;1H. The van der Waals surface area contributed by atoms with E-state index in [1.54, 1.807) is 25.3 Å². The van der Waals surface area contributed by atoms with E-state index in [2.05, 4.69) is 0 Å². The molecule has 25 heavy (non-hydrogen) atoms. The van der Waals surface area contributed by atoms with Crippen LogP contribution in [-0.2, 0) is 14.8 Å². The predicted octanol–water partition coefficient (Wildman–Crippen LogP) is 2.33. The van der Waals surface area contributed by atoms with Crippen LogP contribution >= 0.6 is 12.4 Å². The van der Waals surface area contributed by atoms with Crippen LogP contribution in [0.1, 0.15) is 32.3 Å². The van der Waals surface area contributed by atoms with E-state index in [4.69, 9.17) is 15.2 Å². The molecule has 0 aromatic heterocycles. The summed E-state index contributed by atoms with van der Waals surface area (Å²) in [6.45, 7) is 6.44. The maximum atomic E-state index is 13.0. The summed E-state index contributed by atoms with van der Waals surface area (Å²) in [6, 6.07) is 4.77. The summed E-state index contributed by atoms with van der Waals surface area (Å²) in [5.41, 5.74) is 6.62. The van der Waals surface area contributed by atoms with Gasteiger partial charge in [0.1, 0.15) is 5.75 Å². The summed E-state index contributed by atoms with van der Waals surface area (Å²) in [7, 11) is -1.93. The maximum absolute atomic E-state index is 13.0. The minimum absolute atomic E-state index is 0. The fraction of sp³-hybridized carbons (Fsp3) is 0.647. The van der Waals surface area contributed by atoms with E-state index >= 15 is 0 Å². The maximum Gasteiger partial charge on any atom is 0.243 e. The normalized spacial score (nSPS) is 21.8. The highest BCUT2D eigenvalue weighted by Gasteiger charge is 2.36. The molecule has 1 heterocycles. The number of rotatable bonds is 6. The minimum Gasteiger partial charge on any atom is -0.491 e. The van der Waals surface area contributed by atoms with Gasteiger partial charge in [-0.2, -0.15) is 4.31 Å². The Hall–Kier alpha value is -0.860. The van der Waals surface area contributed by atoms with Crippen LogP contribution in [0.15, 0.2) is 23.1 Å². The SMILES string of the molecule is COC1CCN(S(=O)(=O)c2ccc(OC(C)C)c(C)c2)C(CN)C1.Cl. The molecule has 1 aromatic carbocycles. The molecule has 1 fully saturated rings. The van der Waals surface area contributed by atoms with Gasteiger partial charge >= 0.3 is 0 Å². The summed E-state index contributed by atoms with van der Waals surface area (Å²) < 4.78 is 38.6. The molecule has 2 atom stereocenters.